The zero-order chi connectivity index (χ0) is 16.9. The molecule has 126 valence electrons. The summed E-state index contributed by atoms with van der Waals surface area (Å²) in [6.45, 7) is 1.86. The van der Waals surface area contributed by atoms with E-state index in [0.29, 0.717) is 36.1 Å². The van der Waals surface area contributed by atoms with Crippen LogP contribution in [0.5, 0.6) is 0 Å². The van der Waals surface area contributed by atoms with Crippen LogP contribution in [0.1, 0.15) is 6.42 Å². The van der Waals surface area contributed by atoms with Crippen molar-refractivity contribution in [3.8, 4) is 5.69 Å². The van der Waals surface area contributed by atoms with Crippen molar-refractivity contribution in [2.24, 2.45) is 0 Å². The molecule has 0 saturated carbocycles. The standard InChI is InChI=1S/C17H19ClN4O2/c1-24-12-13-6-10-21(11-7-13)17(23)20-15-5-2-4-14(18)16(15)22-9-3-8-19-22/h2-6,8-9H,7,10-12H2,1H3,(H,20,23). The average molecular weight is 347 g/mol. The number of hydrogen-bond acceptors (Lipinski definition) is 3. The van der Waals surface area contributed by atoms with Crippen LogP contribution in [0.4, 0.5) is 10.5 Å². The maximum Gasteiger partial charge on any atom is 0.322 e. The molecule has 0 aliphatic carbocycles. The first-order valence-electron chi connectivity index (χ1n) is 7.70. The highest BCUT2D eigenvalue weighted by Gasteiger charge is 2.19. The van der Waals surface area contributed by atoms with Crippen molar-refractivity contribution in [2.45, 2.75) is 6.42 Å². The number of nitrogens with one attached hydrogen (secondary N) is 1. The van der Waals surface area contributed by atoms with Crippen LogP contribution < -0.4 is 5.32 Å². The molecule has 7 heteroatoms. The summed E-state index contributed by atoms with van der Waals surface area (Å²) >= 11 is 6.29. The van der Waals surface area contributed by atoms with Gasteiger partial charge >= 0.3 is 6.03 Å². The third-order valence-corrected chi connectivity index (χ3v) is 4.19. The predicted octanol–water partition coefficient (Wildman–Crippen LogP) is 3.34. The lowest BCUT2D eigenvalue weighted by atomic mass is 10.1. The molecule has 24 heavy (non-hydrogen) atoms. The summed E-state index contributed by atoms with van der Waals surface area (Å²) in [5, 5.41) is 7.66. The number of carbonyl (C=O) groups is 1. The highest BCUT2D eigenvalue weighted by atomic mass is 35.5. The molecule has 1 N–H and O–H groups in total. The molecule has 1 aliphatic heterocycles. The maximum atomic E-state index is 12.5. The van der Waals surface area contributed by atoms with E-state index in [-0.39, 0.29) is 6.03 Å². The Morgan fingerprint density at radius 2 is 2.29 bits per heavy atom. The molecule has 1 aliphatic rings. The number of anilines is 1. The lowest BCUT2D eigenvalue weighted by Crippen LogP contribution is -2.38. The molecule has 2 heterocycles. The van der Waals surface area contributed by atoms with Gasteiger partial charge in [-0.15, -0.1) is 0 Å². The fourth-order valence-corrected chi connectivity index (χ4v) is 2.92. The Hall–Kier alpha value is -2.31. The van der Waals surface area contributed by atoms with Gasteiger partial charge in [-0.2, -0.15) is 5.10 Å². The third kappa shape index (κ3) is 3.60. The molecule has 1 aromatic heterocycles. The number of ether oxygens (including phenoxy) is 1. The van der Waals surface area contributed by atoms with E-state index in [0.717, 1.165) is 6.42 Å². The molecule has 6 nitrogen and oxygen atoms in total. The molecule has 3 rings (SSSR count). The van der Waals surface area contributed by atoms with Crippen molar-refractivity contribution in [2.75, 3.05) is 32.1 Å². The number of benzene rings is 1. The number of amides is 2. The van der Waals surface area contributed by atoms with Gasteiger partial charge in [0.25, 0.3) is 0 Å². The number of para-hydroxylation sites is 1. The molecule has 1 aromatic carbocycles. The molecule has 0 radical (unpaired) electrons. The molecule has 0 saturated heterocycles. The summed E-state index contributed by atoms with van der Waals surface area (Å²) in [6, 6.07) is 7.05. The normalized spacial score (nSPS) is 14.4. The highest BCUT2D eigenvalue weighted by molar-refractivity contribution is 6.33. The molecule has 2 aromatic rings. The van der Waals surface area contributed by atoms with Gasteiger partial charge in [0, 0.05) is 32.6 Å². The molecule has 0 atom stereocenters. The van der Waals surface area contributed by atoms with Crippen LogP contribution in [0.15, 0.2) is 48.3 Å². The molecular weight excluding hydrogens is 328 g/mol. The lowest BCUT2D eigenvalue weighted by Gasteiger charge is -2.27. The molecular formula is C17H19ClN4O2. The monoisotopic (exact) mass is 346 g/mol. The van der Waals surface area contributed by atoms with Gasteiger partial charge in [-0.25, -0.2) is 9.48 Å². The smallest absolute Gasteiger partial charge is 0.322 e. The van der Waals surface area contributed by atoms with Gasteiger partial charge < -0.3 is 15.0 Å². The first kappa shape index (κ1) is 16.5. The summed E-state index contributed by atoms with van der Waals surface area (Å²) in [5.41, 5.74) is 2.51. The van der Waals surface area contributed by atoms with Crippen molar-refractivity contribution < 1.29 is 9.53 Å². The van der Waals surface area contributed by atoms with Crippen LogP contribution in [0, 0.1) is 0 Å². The minimum absolute atomic E-state index is 0.154. The van der Waals surface area contributed by atoms with Gasteiger partial charge in [-0.1, -0.05) is 23.7 Å². The number of methoxy groups -OCH3 is 1. The number of urea groups is 1. The second-order valence-electron chi connectivity index (χ2n) is 5.51. The van der Waals surface area contributed by atoms with Crippen LogP contribution in [-0.4, -0.2) is 47.5 Å². The van der Waals surface area contributed by atoms with Gasteiger partial charge in [0.1, 0.15) is 5.69 Å². The number of rotatable bonds is 4. The van der Waals surface area contributed by atoms with Gasteiger partial charge in [0.15, 0.2) is 0 Å². The van der Waals surface area contributed by atoms with E-state index in [1.54, 1.807) is 41.2 Å². The van der Waals surface area contributed by atoms with E-state index >= 15 is 0 Å². The Balaban J connectivity index is 1.75. The van der Waals surface area contributed by atoms with Gasteiger partial charge in [0.05, 0.1) is 17.3 Å². The van der Waals surface area contributed by atoms with Crippen molar-refractivity contribution in [1.29, 1.82) is 0 Å². The lowest BCUT2D eigenvalue weighted by molar-refractivity contribution is 0.203. The maximum absolute atomic E-state index is 12.5. The molecule has 0 unspecified atom stereocenters. The first-order valence-corrected chi connectivity index (χ1v) is 8.08. The van der Waals surface area contributed by atoms with E-state index in [9.17, 15) is 4.79 Å². The zero-order valence-electron chi connectivity index (χ0n) is 13.4. The minimum atomic E-state index is -0.154. The van der Waals surface area contributed by atoms with Gasteiger partial charge in [-0.05, 0) is 30.2 Å². The predicted molar refractivity (Wildman–Crippen MR) is 93.7 cm³/mol. The average Bonchev–Trinajstić information content (AvgIpc) is 3.10. The van der Waals surface area contributed by atoms with E-state index < -0.39 is 0 Å². The van der Waals surface area contributed by atoms with Crippen LogP contribution >= 0.6 is 11.6 Å². The summed E-state index contributed by atoms with van der Waals surface area (Å²) in [5.74, 6) is 0. The van der Waals surface area contributed by atoms with E-state index in [4.69, 9.17) is 16.3 Å². The van der Waals surface area contributed by atoms with Crippen molar-refractivity contribution in [3.05, 3.63) is 53.3 Å². The van der Waals surface area contributed by atoms with E-state index in [1.807, 2.05) is 18.2 Å². The largest absolute Gasteiger partial charge is 0.380 e. The fraction of sp³-hybridized carbons (Fsp3) is 0.294. The first-order chi connectivity index (χ1) is 11.7. The number of carbonyl (C=O) groups excluding carboxylic acids is 1. The fourth-order valence-electron chi connectivity index (χ4n) is 2.66. The summed E-state index contributed by atoms with van der Waals surface area (Å²) in [7, 11) is 1.68. The second kappa shape index (κ2) is 7.51. The minimum Gasteiger partial charge on any atom is -0.380 e. The Morgan fingerprint density at radius 1 is 1.42 bits per heavy atom. The highest BCUT2D eigenvalue weighted by Crippen LogP contribution is 2.28. The number of aromatic nitrogens is 2. The second-order valence-corrected chi connectivity index (χ2v) is 5.92. The van der Waals surface area contributed by atoms with E-state index in [2.05, 4.69) is 10.4 Å². The Morgan fingerprint density at radius 3 is 2.96 bits per heavy atom. The summed E-state index contributed by atoms with van der Waals surface area (Å²) < 4.78 is 6.77. The SMILES string of the molecule is COCC1=CCN(C(=O)Nc2cccc(Cl)c2-n2cccn2)CC1. The van der Waals surface area contributed by atoms with Crippen LogP contribution in [0.25, 0.3) is 5.69 Å². The van der Waals surface area contributed by atoms with E-state index in [1.165, 1.54) is 5.57 Å². The Labute approximate surface area is 145 Å². The number of nitrogens with zero attached hydrogens (tertiary/aromatic N) is 3. The molecule has 0 bridgehead atoms. The van der Waals surface area contributed by atoms with Crippen molar-refractivity contribution >= 4 is 23.3 Å². The van der Waals surface area contributed by atoms with Gasteiger partial charge in [-0.3, -0.25) is 0 Å². The molecule has 0 spiro atoms. The van der Waals surface area contributed by atoms with Crippen LogP contribution in [0.2, 0.25) is 5.02 Å². The number of hydrogen-bond donors (Lipinski definition) is 1. The summed E-state index contributed by atoms with van der Waals surface area (Å²) in [6.07, 6.45) is 6.32. The molecule has 2 amide bonds. The van der Waals surface area contributed by atoms with Gasteiger partial charge in [0.2, 0.25) is 0 Å². The van der Waals surface area contributed by atoms with Crippen LogP contribution in [-0.2, 0) is 4.74 Å². The third-order valence-electron chi connectivity index (χ3n) is 3.88. The topological polar surface area (TPSA) is 59.4 Å². The number of halogens is 1. The van der Waals surface area contributed by atoms with Crippen molar-refractivity contribution in [3.63, 3.8) is 0 Å². The zero-order valence-corrected chi connectivity index (χ0v) is 14.2. The Kier molecular flexibility index (Phi) is 5.17. The molecule has 0 fully saturated rings. The summed E-state index contributed by atoms with van der Waals surface area (Å²) in [4.78, 5) is 14.3. The Bertz CT molecular complexity index is 743. The quantitative estimate of drug-likeness (QED) is 0.864. The van der Waals surface area contributed by atoms with Crippen LogP contribution in [0.3, 0.4) is 0 Å². The van der Waals surface area contributed by atoms with Crippen molar-refractivity contribution in [1.82, 2.24) is 14.7 Å².